The molecule has 1 aliphatic rings. The molecule has 4 heteroatoms. The SMILES string of the molecule is C/C=C/CNC(=O)C1CC(C)N(C)N1. The van der Waals surface area contributed by atoms with Crippen LogP contribution in [0.3, 0.4) is 0 Å². The van der Waals surface area contributed by atoms with E-state index in [1.165, 1.54) is 0 Å². The van der Waals surface area contributed by atoms with Gasteiger partial charge in [0.1, 0.15) is 6.04 Å². The van der Waals surface area contributed by atoms with E-state index >= 15 is 0 Å². The first kappa shape index (κ1) is 11.2. The van der Waals surface area contributed by atoms with Gasteiger partial charge in [-0.25, -0.2) is 10.4 Å². The number of hydrazine groups is 1. The smallest absolute Gasteiger partial charge is 0.238 e. The number of allylic oxidation sites excluding steroid dienone is 1. The van der Waals surface area contributed by atoms with Crippen LogP contribution in [0.15, 0.2) is 12.2 Å². The molecule has 1 rings (SSSR count). The van der Waals surface area contributed by atoms with Crippen molar-refractivity contribution in [2.45, 2.75) is 32.4 Å². The molecule has 80 valence electrons. The summed E-state index contributed by atoms with van der Waals surface area (Å²) in [5.74, 6) is 0.0827. The summed E-state index contributed by atoms with van der Waals surface area (Å²) < 4.78 is 0. The van der Waals surface area contributed by atoms with Gasteiger partial charge >= 0.3 is 0 Å². The number of nitrogens with one attached hydrogen (secondary N) is 2. The number of amides is 1. The average Bonchev–Trinajstić information content (AvgIpc) is 2.47. The average molecular weight is 197 g/mol. The molecular formula is C10H19N3O. The summed E-state index contributed by atoms with van der Waals surface area (Å²) in [6.45, 7) is 4.66. The van der Waals surface area contributed by atoms with Crippen molar-refractivity contribution in [1.29, 1.82) is 0 Å². The topological polar surface area (TPSA) is 44.4 Å². The predicted molar refractivity (Wildman–Crippen MR) is 56.6 cm³/mol. The van der Waals surface area contributed by atoms with Gasteiger partial charge in [0.15, 0.2) is 0 Å². The van der Waals surface area contributed by atoms with Gasteiger partial charge in [0.05, 0.1) is 0 Å². The lowest BCUT2D eigenvalue weighted by molar-refractivity contribution is -0.123. The number of hydrogen-bond acceptors (Lipinski definition) is 3. The van der Waals surface area contributed by atoms with Crippen molar-refractivity contribution in [3.63, 3.8) is 0 Å². The van der Waals surface area contributed by atoms with Gasteiger partial charge < -0.3 is 5.32 Å². The lowest BCUT2D eigenvalue weighted by Crippen LogP contribution is -2.44. The quantitative estimate of drug-likeness (QED) is 0.639. The molecule has 14 heavy (non-hydrogen) atoms. The summed E-state index contributed by atoms with van der Waals surface area (Å²) in [5.41, 5.74) is 3.13. The molecule has 0 aromatic rings. The lowest BCUT2D eigenvalue weighted by Gasteiger charge is -2.14. The maximum absolute atomic E-state index is 11.6. The molecular weight excluding hydrogens is 178 g/mol. The van der Waals surface area contributed by atoms with Gasteiger partial charge in [-0.15, -0.1) is 0 Å². The van der Waals surface area contributed by atoms with E-state index in [2.05, 4.69) is 17.7 Å². The van der Waals surface area contributed by atoms with E-state index in [-0.39, 0.29) is 11.9 Å². The Hall–Kier alpha value is -0.870. The van der Waals surface area contributed by atoms with Crippen molar-refractivity contribution < 1.29 is 4.79 Å². The van der Waals surface area contributed by atoms with Gasteiger partial charge in [-0.05, 0) is 20.3 Å². The van der Waals surface area contributed by atoms with Crippen LogP contribution in [0.4, 0.5) is 0 Å². The Morgan fingerprint density at radius 2 is 2.43 bits per heavy atom. The van der Waals surface area contributed by atoms with Crippen LogP contribution in [0.25, 0.3) is 0 Å². The van der Waals surface area contributed by atoms with Crippen LogP contribution < -0.4 is 10.7 Å². The summed E-state index contributed by atoms with van der Waals surface area (Å²) in [5, 5.41) is 4.84. The van der Waals surface area contributed by atoms with Crippen molar-refractivity contribution in [2.24, 2.45) is 0 Å². The van der Waals surface area contributed by atoms with Crippen molar-refractivity contribution in [3.05, 3.63) is 12.2 Å². The van der Waals surface area contributed by atoms with Gasteiger partial charge in [0.25, 0.3) is 0 Å². The van der Waals surface area contributed by atoms with Gasteiger partial charge in [0.2, 0.25) is 5.91 Å². The fourth-order valence-corrected chi connectivity index (χ4v) is 1.49. The first-order valence-corrected chi connectivity index (χ1v) is 5.03. The Balaban J connectivity index is 2.32. The Bertz CT molecular complexity index is 217. The molecule has 0 spiro atoms. The minimum absolute atomic E-state index is 0.0692. The summed E-state index contributed by atoms with van der Waals surface area (Å²) in [7, 11) is 1.96. The first-order valence-electron chi connectivity index (χ1n) is 5.03. The fourth-order valence-electron chi connectivity index (χ4n) is 1.49. The molecule has 1 heterocycles. The van der Waals surface area contributed by atoms with Gasteiger partial charge in [-0.3, -0.25) is 4.79 Å². The molecule has 0 aliphatic carbocycles. The third-order valence-electron chi connectivity index (χ3n) is 2.54. The van der Waals surface area contributed by atoms with E-state index in [1.54, 1.807) is 0 Å². The second-order valence-corrected chi connectivity index (χ2v) is 3.69. The van der Waals surface area contributed by atoms with Crippen LogP contribution in [0.2, 0.25) is 0 Å². The lowest BCUT2D eigenvalue weighted by atomic mass is 10.1. The Kier molecular flexibility index (Phi) is 4.10. The van der Waals surface area contributed by atoms with E-state index in [9.17, 15) is 4.79 Å². The van der Waals surface area contributed by atoms with Crippen molar-refractivity contribution >= 4 is 5.91 Å². The molecule has 0 saturated carbocycles. The summed E-state index contributed by atoms with van der Waals surface area (Å²) >= 11 is 0. The van der Waals surface area contributed by atoms with Crippen LogP contribution >= 0.6 is 0 Å². The highest BCUT2D eigenvalue weighted by molar-refractivity contribution is 5.82. The van der Waals surface area contributed by atoms with E-state index in [0.717, 1.165) is 6.42 Å². The fraction of sp³-hybridized carbons (Fsp3) is 0.700. The molecule has 0 radical (unpaired) electrons. The molecule has 2 unspecified atom stereocenters. The third-order valence-corrected chi connectivity index (χ3v) is 2.54. The number of carbonyl (C=O) groups excluding carboxylic acids is 1. The highest BCUT2D eigenvalue weighted by atomic mass is 16.2. The number of nitrogens with zero attached hydrogens (tertiary/aromatic N) is 1. The van der Waals surface area contributed by atoms with Gasteiger partial charge in [-0.2, -0.15) is 0 Å². The van der Waals surface area contributed by atoms with Crippen molar-refractivity contribution in [3.8, 4) is 0 Å². The predicted octanol–water partition coefficient (Wildman–Crippen LogP) is 0.276. The zero-order chi connectivity index (χ0) is 10.6. The summed E-state index contributed by atoms with van der Waals surface area (Å²) in [4.78, 5) is 11.6. The van der Waals surface area contributed by atoms with E-state index in [0.29, 0.717) is 12.6 Å². The Labute approximate surface area is 85.3 Å². The Morgan fingerprint density at radius 1 is 1.71 bits per heavy atom. The van der Waals surface area contributed by atoms with Gasteiger partial charge in [-0.1, -0.05) is 12.2 Å². The van der Waals surface area contributed by atoms with E-state index in [1.807, 2.05) is 31.1 Å². The second-order valence-electron chi connectivity index (χ2n) is 3.69. The van der Waals surface area contributed by atoms with Crippen LogP contribution in [-0.4, -0.2) is 36.6 Å². The normalized spacial score (nSPS) is 28.5. The third kappa shape index (κ3) is 2.82. The van der Waals surface area contributed by atoms with Crippen LogP contribution in [0, 0.1) is 0 Å². The van der Waals surface area contributed by atoms with Crippen molar-refractivity contribution in [2.75, 3.05) is 13.6 Å². The van der Waals surface area contributed by atoms with Crippen molar-refractivity contribution in [1.82, 2.24) is 15.8 Å². The molecule has 0 bridgehead atoms. The molecule has 0 aromatic heterocycles. The number of carbonyl (C=O) groups is 1. The molecule has 2 atom stereocenters. The summed E-state index contributed by atoms with van der Waals surface area (Å²) in [6, 6.07) is 0.354. The molecule has 1 fully saturated rings. The Morgan fingerprint density at radius 3 is 2.93 bits per heavy atom. The van der Waals surface area contributed by atoms with E-state index < -0.39 is 0 Å². The maximum Gasteiger partial charge on any atom is 0.238 e. The zero-order valence-electron chi connectivity index (χ0n) is 9.08. The van der Waals surface area contributed by atoms with Crippen LogP contribution in [0.5, 0.6) is 0 Å². The van der Waals surface area contributed by atoms with Crippen LogP contribution in [-0.2, 0) is 4.79 Å². The van der Waals surface area contributed by atoms with E-state index in [4.69, 9.17) is 0 Å². The van der Waals surface area contributed by atoms with Gasteiger partial charge in [0, 0.05) is 19.6 Å². The minimum atomic E-state index is -0.0692. The summed E-state index contributed by atoms with van der Waals surface area (Å²) in [6.07, 6.45) is 4.73. The highest BCUT2D eigenvalue weighted by Crippen LogP contribution is 2.11. The monoisotopic (exact) mass is 197 g/mol. The molecule has 1 amide bonds. The molecule has 2 N–H and O–H groups in total. The first-order chi connectivity index (χ1) is 6.65. The molecule has 1 saturated heterocycles. The van der Waals surface area contributed by atoms with Crippen LogP contribution in [0.1, 0.15) is 20.3 Å². The second kappa shape index (κ2) is 5.12. The largest absolute Gasteiger partial charge is 0.351 e. The molecule has 0 aromatic carbocycles. The number of rotatable bonds is 3. The molecule has 4 nitrogen and oxygen atoms in total. The minimum Gasteiger partial charge on any atom is -0.351 e. The highest BCUT2D eigenvalue weighted by Gasteiger charge is 2.30. The maximum atomic E-state index is 11.6. The number of hydrogen-bond donors (Lipinski definition) is 2. The molecule has 1 aliphatic heterocycles. The standard InChI is InChI=1S/C10H19N3O/c1-4-5-6-11-10(14)9-7-8(2)13(3)12-9/h4-5,8-9,12H,6-7H2,1-3H3,(H,11,14)/b5-4+. The zero-order valence-corrected chi connectivity index (χ0v) is 9.08.